The van der Waals surface area contributed by atoms with Gasteiger partial charge < -0.3 is 10.7 Å². The zero-order valence-corrected chi connectivity index (χ0v) is 13.7. The van der Waals surface area contributed by atoms with Crippen molar-refractivity contribution < 1.29 is 0 Å². The summed E-state index contributed by atoms with van der Waals surface area (Å²) in [6.07, 6.45) is 3.29. The van der Waals surface area contributed by atoms with E-state index in [0.29, 0.717) is 16.0 Å². The molecule has 1 atom stereocenters. The van der Waals surface area contributed by atoms with Crippen molar-refractivity contribution in [2.24, 2.45) is 11.7 Å². The Kier molecular flexibility index (Phi) is 4.90. The van der Waals surface area contributed by atoms with E-state index in [0.717, 1.165) is 10.4 Å². The van der Waals surface area contributed by atoms with Crippen molar-refractivity contribution >= 4 is 34.0 Å². The Morgan fingerprint density at radius 3 is 2.73 bits per heavy atom. The highest BCUT2D eigenvalue weighted by molar-refractivity contribution is 7.22. The number of nitrogens with two attached hydrogens (primary N) is 1. The second kappa shape index (κ2) is 6.51. The number of hydrogen-bond donors (Lipinski definition) is 2. The van der Waals surface area contributed by atoms with Crippen LogP contribution >= 0.6 is 23.7 Å². The van der Waals surface area contributed by atoms with Crippen LogP contribution in [0.15, 0.2) is 29.3 Å². The standard InChI is InChI=1S/C14H15N5OS.ClH/c1-7(2)11(15)13-18-9-5-10(8-3-4-16-17-6-8)21-12(9)14(20)19-13;/h3-7,11H,15H2,1-2H3,(H,18,19,20);1H/t11-;/m0./s1. The molecule has 0 amide bonds. The Hall–Kier alpha value is -1.83. The van der Waals surface area contributed by atoms with Gasteiger partial charge in [0.25, 0.3) is 5.56 Å². The molecular formula is C14H16ClN5OS. The van der Waals surface area contributed by atoms with Crippen LogP contribution in [0.25, 0.3) is 20.7 Å². The van der Waals surface area contributed by atoms with Crippen molar-refractivity contribution in [1.29, 1.82) is 0 Å². The third-order valence-electron chi connectivity index (χ3n) is 3.30. The van der Waals surface area contributed by atoms with E-state index < -0.39 is 0 Å². The molecule has 0 aliphatic heterocycles. The normalized spacial score (nSPS) is 12.4. The molecule has 0 radical (unpaired) electrons. The van der Waals surface area contributed by atoms with Crippen molar-refractivity contribution in [3.63, 3.8) is 0 Å². The first kappa shape index (κ1) is 16.5. The molecule has 0 saturated heterocycles. The molecule has 0 bridgehead atoms. The van der Waals surface area contributed by atoms with E-state index in [1.807, 2.05) is 26.0 Å². The fourth-order valence-electron chi connectivity index (χ4n) is 2.01. The average molecular weight is 338 g/mol. The zero-order valence-electron chi connectivity index (χ0n) is 12.1. The van der Waals surface area contributed by atoms with Gasteiger partial charge in [0.15, 0.2) is 0 Å². The highest BCUT2D eigenvalue weighted by Gasteiger charge is 2.16. The first-order valence-electron chi connectivity index (χ1n) is 6.62. The van der Waals surface area contributed by atoms with Crippen LogP contribution in [0.4, 0.5) is 0 Å². The fourth-order valence-corrected chi connectivity index (χ4v) is 2.99. The minimum atomic E-state index is -0.284. The highest BCUT2D eigenvalue weighted by Crippen LogP contribution is 2.30. The number of aromatic nitrogens is 4. The minimum Gasteiger partial charge on any atom is -0.321 e. The van der Waals surface area contributed by atoms with E-state index in [-0.39, 0.29) is 29.9 Å². The number of rotatable bonds is 3. The average Bonchev–Trinajstić information content (AvgIpc) is 2.92. The molecular weight excluding hydrogens is 322 g/mol. The maximum Gasteiger partial charge on any atom is 0.268 e. The van der Waals surface area contributed by atoms with Gasteiger partial charge >= 0.3 is 0 Å². The number of H-pyrrole nitrogens is 1. The Balaban J connectivity index is 0.00000176. The third-order valence-corrected chi connectivity index (χ3v) is 4.48. The monoisotopic (exact) mass is 337 g/mol. The van der Waals surface area contributed by atoms with Gasteiger partial charge in [0.2, 0.25) is 0 Å². The third kappa shape index (κ3) is 3.01. The summed E-state index contributed by atoms with van der Waals surface area (Å²) in [6.45, 7) is 3.99. The van der Waals surface area contributed by atoms with Crippen LogP contribution in [-0.4, -0.2) is 20.2 Å². The molecule has 3 aromatic heterocycles. The smallest absolute Gasteiger partial charge is 0.268 e. The Bertz CT molecular complexity index is 830. The van der Waals surface area contributed by atoms with E-state index in [1.54, 1.807) is 12.4 Å². The van der Waals surface area contributed by atoms with Crippen molar-refractivity contribution in [2.45, 2.75) is 19.9 Å². The van der Waals surface area contributed by atoms with Crippen molar-refractivity contribution in [3.05, 3.63) is 40.7 Å². The number of fused-ring (bicyclic) bond motifs is 1. The van der Waals surface area contributed by atoms with Crippen LogP contribution in [0, 0.1) is 5.92 Å². The number of halogens is 1. The molecule has 3 rings (SSSR count). The molecule has 0 saturated carbocycles. The van der Waals surface area contributed by atoms with Crippen LogP contribution in [0.3, 0.4) is 0 Å². The Labute approximate surface area is 137 Å². The van der Waals surface area contributed by atoms with Gasteiger partial charge in [0.1, 0.15) is 10.5 Å². The van der Waals surface area contributed by atoms with Gasteiger partial charge in [-0.25, -0.2) is 4.98 Å². The number of nitrogens with zero attached hydrogens (tertiary/aromatic N) is 3. The minimum absolute atomic E-state index is 0. The van der Waals surface area contributed by atoms with Gasteiger partial charge in [-0.05, 0) is 18.1 Å². The predicted octanol–water partition coefficient (Wildman–Crippen LogP) is 2.52. The van der Waals surface area contributed by atoms with Crippen LogP contribution in [-0.2, 0) is 0 Å². The van der Waals surface area contributed by atoms with Crippen LogP contribution < -0.4 is 11.3 Å². The summed E-state index contributed by atoms with van der Waals surface area (Å²) in [5.41, 5.74) is 7.51. The van der Waals surface area contributed by atoms with Gasteiger partial charge in [0, 0.05) is 10.4 Å². The van der Waals surface area contributed by atoms with Gasteiger partial charge in [-0.2, -0.15) is 10.2 Å². The van der Waals surface area contributed by atoms with E-state index in [2.05, 4.69) is 20.2 Å². The quantitative estimate of drug-likeness (QED) is 0.765. The fraction of sp³-hybridized carbons (Fsp3) is 0.286. The van der Waals surface area contributed by atoms with Crippen molar-refractivity contribution in [1.82, 2.24) is 20.2 Å². The molecule has 22 heavy (non-hydrogen) atoms. The number of thiophene rings is 1. The Morgan fingerprint density at radius 2 is 2.09 bits per heavy atom. The number of nitrogens with one attached hydrogen (secondary N) is 1. The lowest BCUT2D eigenvalue weighted by atomic mass is 10.1. The lowest BCUT2D eigenvalue weighted by Crippen LogP contribution is -2.23. The summed E-state index contributed by atoms with van der Waals surface area (Å²) >= 11 is 1.39. The van der Waals surface area contributed by atoms with Crippen molar-refractivity contribution in [3.8, 4) is 10.4 Å². The topological polar surface area (TPSA) is 97.5 Å². The molecule has 3 aromatic rings. The molecule has 0 aromatic carbocycles. The maximum absolute atomic E-state index is 12.2. The van der Waals surface area contributed by atoms with E-state index in [4.69, 9.17) is 5.73 Å². The SMILES string of the molecule is CC(C)[C@H](N)c1nc2cc(-c3ccnnc3)sc2c(=O)[nH]1.Cl. The molecule has 3 N–H and O–H groups in total. The molecule has 8 heteroatoms. The van der Waals surface area contributed by atoms with Gasteiger partial charge in [-0.15, -0.1) is 23.7 Å². The summed E-state index contributed by atoms with van der Waals surface area (Å²) in [5, 5.41) is 7.61. The molecule has 116 valence electrons. The summed E-state index contributed by atoms with van der Waals surface area (Å²) in [4.78, 5) is 20.4. The van der Waals surface area contributed by atoms with Crippen LogP contribution in [0.5, 0.6) is 0 Å². The molecule has 0 aliphatic rings. The second-order valence-electron chi connectivity index (χ2n) is 5.18. The number of aromatic amines is 1. The summed E-state index contributed by atoms with van der Waals surface area (Å²) < 4.78 is 0.599. The van der Waals surface area contributed by atoms with Crippen molar-refractivity contribution in [2.75, 3.05) is 0 Å². The largest absolute Gasteiger partial charge is 0.321 e. The van der Waals surface area contributed by atoms with Gasteiger partial charge in [0.05, 0.1) is 24.0 Å². The zero-order chi connectivity index (χ0) is 15.0. The molecule has 0 aliphatic carbocycles. The second-order valence-corrected chi connectivity index (χ2v) is 6.23. The van der Waals surface area contributed by atoms with Crippen LogP contribution in [0.2, 0.25) is 0 Å². The molecule has 3 heterocycles. The molecule has 0 unspecified atom stereocenters. The van der Waals surface area contributed by atoms with E-state index in [1.165, 1.54) is 11.3 Å². The maximum atomic E-state index is 12.2. The Morgan fingerprint density at radius 1 is 1.32 bits per heavy atom. The number of hydrogen-bond acceptors (Lipinski definition) is 6. The summed E-state index contributed by atoms with van der Waals surface area (Å²) in [6, 6.07) is 3.46. The first-order chi connectivity index (χ1) is 10.1. The summed E-state index contributed by atoms with van der Waals surface area (Å²) in [7, 11) is 0. The highest BCUT2D eigenvalue weighted by atomic mass is 35.5. The predicted molar refractivity (Wildman–Crippen MR) is 90.3 cm³/mol. The first-order valence-corrected chi connectivity index (χ1v) is 7.44. The molecule has 6 nitrogen and oxygen atoms in total. The molecule has 0 spiro atoms. The lowest BCUT2D eigenvalue weighted by molar-refractivity contribution is 0.491. The van der Waals surface area contributed by atoms with Crippen LogP contribution in [0.1, 0.15) is 25.7 Å². The summed E-state index contributed by atoms with van der Waals surface area (Å²) in [5.74, 6) is 0.729. The van der Waals surface area contributed by atoms with Gasteiger partial charge in [-0.3, -0.25) is 4.79 Å². The van der Waals surface area contributed by atoms with Gasteiger partial charge in [-0.1, -0.05) is 13.8 Å². The van der Waals surface area contributed by atoms with E-state index in [9.17, 15) is 4.79 Å². The molecule has 0 fully saturated rings. The lowest BCUT2D eigenvalue weighted by Gasteiger charge is -2.13. The van der Waals surface area contributed by atoms with E-state index >= 15 is 0 Å².